The van der Waals surface area contributed by atoms with Gasteiger partial charge in [0, 0.05) is 34.4 Å². The van der Waals surface area contributed by atoms with Crippen LogP contribution in [0.5, 0.6) is 5.75 Å². The van der Waals surface area contributed by atoms with Gasteiger partial charge in [-0.1, -0.05) is 29.5 Å². The highest BCUT2D eigenvalue weighted by atomic mass is 35.5. The van der Waals surface area contributed by atoms with Crippen LogP contribution in [0.3, 0.4) is 0 Å². The first-order valence-corrected chi connectivity index (χ1v) is 6.35. The molecule has 0 saturated heterocycles. The number of hydrogen-bond donors (Lipinski definition) is 1. The highest BCUT2D eigenvalue weighted by molar-refractivity contribution is 6.36. The maximum atomic E-state index is 12.0. The Morgan fingerprint density at radius 2 is 2.24 bits per heavy atom. The van der Waals surface area contributed by atoms with E-state index in [1.54, 1.807) is 12.1 Å². The lowest BCUT2D eigenvalue weighted by molar-refractivity contribution is -0.265. The molecule has 0 radical (unpaired) electrons. The molecule has 0 bridgehead atoms. The number of fused-ring (bicyclic) bond motifs is 3. The van der Waals surface area contributed by atoms with Crippen LogP contribution >= 0.6 is 23.2 Å². The number of alkyl halides is 1. The third-order valence-corrected chi connectivity index (χ3v) is 3.93. The summed E-state index contributed by atoms with van der Waals surface area (Å²) in [5.41, 5.74) is 1.96. The van der Waals surface area contributed by atoms with Crippen LogP contribution in [0.1, 0.15) is 11.5 Å². The van der Waals surface area contributed by atoms with E-state index in [-0.39, 0.29) is 11.7 Å². The fourth-order valence-electron chi connectivity index (χ4n) is 2.46. The molecule has 0 fully saturated rings. The molecule has 3 rings (SSSR count). The summed E-state index contributed by atoms with van der Waals surface area (Å²) in [6.07, 6.45) is 0. The van der Waals surface area contributed by atoms with Gasteiger partial charge in [0.05, 0.1) is 0 Å². The summed E-state index contributed by atoms with van der Waals surface area (Å²) in [4.78, 5) is 0. The predicted octanol–water partition coefficient (Wildman–Crippen LogP) is 3.31. The van der Waals surface area contributed by atoms with Gasteiger partial charge in [0.2, 0.25) is 0 Å². The van der Waals surface area contributed by atoms with Crippen molar-refractivity contribution in [3.63, 3.8) is 0 Å². The van der Waals surface area contributed by atoms with Crippen molar-refractivity contribution < 1.29 is 5.11 Å². The fraction of sp³-hybridized carbons (Fsp3) is 0.231. The maximum Gasteiger partial charge on any atom is 0.0487 e. The average molecular weight is 267 g/mol. The number of nitrogens with one attached hydrogen (secondary N) is 1. The molecule has 88 valence electrons. The van der Waals surface area contributed by atoms with Crippen LogP contribution < -0.4 is 10.4 Å². The van der Waals surface area contributed by atoms with Crippen molar-refractivity contribution in [1.29, 1.82) is 0 Å². The highest BCUT2D eigenvalue weighted by Gasteiger charge is 2.24. The second kappa shape index (κ2) is 3.97. The zero-order chi connectivity index (χ0) is 12.0. The van der Waals surface area contributed by atoms with Crippen LogP contribution in [0.15, 0.2) is 24.3 Å². The van der Waals surface area contributed by atoms with Crippen LogP contribution in [-0.4, -0.2) is 12.4 Å². The van der Waals surface area contributed by atoms with E-state index in [9.17, 15) is 5.11 Å². The lowest BCUT2D eigenvalue weighted by Gasteiger charge is -2.17. The van der Waals surface area contributed by atoms with E-state index in [1.807, 2.05) is 12.1 Å². The highest BCUT2D eigenvalue weighted by Crippen LogP contribution is 2.43. The molecule has 1 unspecified atom stereocenters. The molecule has 4 heteroatoms. The van der Waals surface area contributed by atoms with Crippen molar-refractivity contribution in [2.24, 2.45) is 0 Å². The van der Waals surface area contributed by atoms with Crippen molar-refractivity contribution >= 4 is 39.7 Å². The Hall–Kier alpha value is -1.12. The first-order valence-electron chi connectivity index (χ1n) is 5.44. The van der Waals surface area contributed by atoms with Crippen molar-refractivity contribution in [3.05, 3.63) is 34.9 Å². The molecular formula is C13H10Cl2NO-. The Labute approximate surface area is 109 Å². The van der Waals surface area contributed by atoms with E-state index >= 15 is 0 Å². The summed E-state index contributed by atoms with van der Waals surface area (Å²) in [5.74, 6) is 0.747. The molecule has 2 aromatic rings. The number of anilines is 1. The molecule has 0 saturated carbocycles. The summed E-state index contributed by atoms with van der Waals surface area (Å²) < 4.78 is 0. The van der Waals surface area contributed by atoms with E-state index in [0.717, 1.165) is 23.2 Å². The lowest BCUT2D eigenvalue weighted by Crippen LogP contribution is -2.03. The van der Waals surface area contributed by atoms with Crippen LogP contribution in [0.2, 0.25) is 5.02 Å². The van der Waals surface area contributed by atoms with Gasteiger partial charge in [-0.15, -0.1) is 11.6 Å². The van der Waals surface area contributed by atoms with Gasteiger partial charge >= 0.3 is 0 Å². The van der Waals surface area contributed by atoms with Crippen LogP contribution in [0.25, 0.3) is 10.8 Å². The second-order valence-electron chi connectivity index (χ2n) is 4.23. The molecule has 0 aromatic heterocycles. The molecule has 1 heterocycles. The van der Waals surface area contributed by atoms with Crippen LogP contribution in [0, 0.1) is 0 Å². The first kappa shape index (κ1) is 11.0. The molecule has 0 aliphatic carbocycles. The SMILES string of the molecule is [O-]c1cc2c(c3c(Cl)cccc13)C(CCl)CN2. The Bertz CT molecular complexity index is 597. The molecule has 17 heavy (non-hydrogen) atoms. The van der Waals surface area contributed by atoms with Gasteiger partial charge in [-0.05, 0) is 23.1 Å². The minimum absolute atomic E-state index is 0.00368. The maximum absolute atomic E-state index is 12.0. The third kappa shape index (κ3) is 1.55. The molecule has 1 aliphatic rings. The summed E-state index contributed by atoms with van der Waals surface area (Å²) in [5, 5.41) is 17.3. The number of hydrogen-bond acceptors (Lipinski definition) is 2. The number of halogens is 2. The largest absolute Gasteiger partial charge is 0.872 e. The van der Waals surface area contributed by atoms with Crippen molar-refractivity contribution in [2.45, 2.75) is 5.92 Å². The van der Waals surface area contributed by atoms with Gasteiger partial charge in [-0.25, -0.2) is 0 Å². The Morgan fingerprint density at radius 3 is 3.00 bits per heavy atom. The van der Waals surface area contributed by atoms with Gasteiger partial charge in [0.1, 0.15) is 0 Å². The lowest BCUT2D eigenvalue weighted by atomic mass is 9.95. The average Bonchev–Trinajstić information content (AvgIpc) is 2.72. The summed E-state index contributed by atoms with van der Waals surface area (Å²) in [7, 11) is 0. The van der Waals surface area contributed by atoms with Gasteiger partial charge in [-0.3, -0.25) is 0 Å². The van der Waals surface area contributed by atoms with E-state index in [4.69, 9.17) is 23.2 Å². The Kier molecular flexibility index (Phi) is 2.57. The fourth-order valence-corrected chi connectivity index (χ4v) is 3.00. The van der Waals surface area contributed by atoms with E-state index < -0.39 is 0 Å². The Balaban J connectivity index is 2.43. The van der Waals surface area contributed by atoms with Crippen molar-refractivity contribution in [3.8, 4) is 5.75 Å². The molecule has 1 N–H and O–H groups in total. The summed E-state index contributed by atoms with van der Waals surface area (Å²) >= 11 is 12.2. The monoisotopic (exact) mass is 266 g/mol. The Morgan fingerprint density at radius 1 is 1.41 bits per heavy atom. The molecule has 0 amide bonds. The summed E-state index contributed by atoms with van der Waals surface area (Å²) in [6, 6.07) is 7.07. The van der Waals surface area contributed by atoms with Crippen molar-refractivity contribution in [2.75, 3.05) is 17.7 Å². The van der Waals surface area contributed by atoms with Gasteiger partial charge < -0.3 is 10.4 Å². The molecule has 0 spiro atoms. The van der Waals surface area contributed by atoms with Crippen LogP contribution in [0.4, 0.5) is 5.69 Å². The molecule has 1 atom stereocenters. The number of rotatable bonds is 1. The van der Waals surface area contributed by atoms with E-state index in [0.29, 0.717) is 16.3 Å². The van der Waals surface area contributed by atoms with Gasteiger partial charge in [0.25, 0.3) is 0 Å². The number of benzene rings is 2. The van der Waals surface area contributed by atoms with E-state index in [2.05, 4.69) is 5.32 Å². The topological polar surface area (TPSA) is 35.1 Å². The minimum Gasteiger partial charge on any atom is -0.872 e. The normalized spacial score (nSPS) is 18.1. The smallest absolute Gasteiger partial charge is 0.0487 e. The van der Waals surface area contributed by atoms with Crippen LogP contribution in [-0.2, 0) is 0 Å². The quantitative estimate of drug-likeness (QED) is 0.804. The minimum atomic E-state index is 0.00368. The molecule has 2 nitrogen and oxygen atoms in total. The summed E-state index contributed by atoms with van der Waals surface area (Å²) in [6.45, 7) is 0.766. The molecule has 2 aromatic carbocycles. The van der Waals surface area contributed by atoms with E-state index in [1.165, 1.54) is 0 Å². The van der Waals surface area contributed by atoms with Gasteiger partial charge in [0.15, 0.2) is 0 Å². The standard InChI is InChI=1S/C13H11Cl2NO/c14-5-7-6-16-10-4-11(17)8-2-1-3-9(15)13(8)12(7)10/h1-4,7,16-17H,5-6H2/p-1. The predicted molar refractivity (Wildman–Crippen MR) is 70.4 cm³/mol. The third-order valence-electron chi connectivity index (χ3n) is 3.25. The molecular weight excluding hydrogens is 257 g/mol. The second-order valence-corrected chi connectivity index (χ2v) is 4.95. The first-order chi connectivity index (χ1) is 8.22. The molecule has 1 aliphatic heterocycles. The zero-order valence-electron chi connectivity index (χ0n) is 8.97. The van der Waals surface area contributed by atoms with Gasteiger partial charge in [-0.2, -0.15) is 0 Å². The zero-order valence-corrected chi connectivity index (χ0v) is 10.5. The van der Waals surface area contributed by atoms with Crippen molar-refractivity contribution in [1.82, 2.24) is 0 Å².